The molecule has 1 fully saturated rings. The van der Waals surface area contributed by atoms with Gasteiger partial charge in [-0.1, -0.05) is 13.8 Å². The zero-order valence-corrected chi connectivity index (χ0v) is 36.9. The number of ketones is 1. The molecule has 21 nitrogen and oxygen atoms in total. The van der Waals surface area contributed by atoms with Crippen LogP contribution < -0.4 is 51.2 Å². The lowest BCUT2D eigenvalue weighted by Crippen LogP contribution is -2.70. The topological polar surface area (TPSA) is 389 Å². The number of carboxylic acid groups (broad SMARTS) is 8. The van der Waals surface area contributed by atoms with Crippen LogP contribution in [0, 0.1) is 22.2 Å². The highest BCUT2D eigenvalue weighted by Crippen LogP contribution is 2.60. The number of allylic oxidation sites excluding steroid dienone is 4. The van der Waals surface area contributed by atoms with Crippen molar-refractivity contribution < 1.29 is 89.0 Å². The summed E-state index contributed by atoms with van der Waals surface area (Å²) in [5.41, 5.74) is -10.3. The first-order valence-electron chi connectivity index (χ1n) is 21.1. The minimum absolute atomic E-state index is 0.0109. The number of rotatable bonds is 21. The fourth-order valence-electron chi connectivity index (χ4n) is 11.1. The van der Waals surface area contributed by atoms with Crippen LogP contribution in [0.1, 0.15) is 125 Å². The van der Waals surface area contributed by atoms with Crippen molar-refractivity contribution in [1.29, 1.82) is 0 Å². The Morgan fingerprint density at radius 3 is 1.77 bits per heavy atom. The van der Waals surface area contributed by atoms with Gasteiger partial charge in [-0.3, -0.25) is 14.8 Å². The molecule has 8 bridgehead atoms. The molecule has 0 radical (unpaired) electrons. The third-order valence-electron chi connectivity index (χ3n) is 14.1. The highest BCUT2D eigenvalue weighted by atomic mass is 16.4. The van der Waals surface area contributed by atoms with E-state index in [0.717, 1.165) is 6.92 Å². The third kappa shape index (κ3) is 9.19. The fourth-order valence-corrected chi connectivity index (χ4v) is 11.1. The Balaban J connectivity index is 2.05. The van der Waals surface area contributed by atoms with Crippen molar-refractivity contribution in [2.45, 2.75) is 136 Å². The summed E-state index contributed by atoms with van der Waals surface area (Å²) in [7, 11) is 0. The van der Waals surface area contributed by atoms with Crippen molar-refractivity contribution in [3.63, 3.8) is 0 Å². The van der Waals surface area contributed by atoms with Crippen LogP contribution in [0.15, 0.2) is 55.4 Å². The van der Waals surface area contributed by atoms with E-state index in [0.29, 0.717) is 0 Å². The van der Waals surface area contributed by atoms with Crippen molar-refractivity contribution in [3.05, 3.63) is 45.5 Å². The van der Waals surface area contributed by atoms with Gasteiger partial charge in [0.2, 0.25) is 0 Å². The third-order valence-corrected chi connectivity index (χ3v) is 14.1. The summed E-state index contributed by atoms with van der Waals surface area (Å²) >= 11 is 0. The summed E-state index contributed by atoms with van der Waals surface area (Å²) < 4.78 is 0. The number of hydrogen-bond donors (Lipinski definition) is 2. The Kier molecular flexibility index (Phi) is 13.9. The number of carboxylic acids is 8. The van der Waals surface area contributed by atoms with Crippen LogP contribution in [-0.2, 0) is 43.2 Å². The normalized spacial score (nSPS) is 29.7. The summed E-state index contributed by atoms with van der Waals surface area (Å²) in [5, 5.41) is 102. The number of Topliss-reactive ketones (excluding diaryl/α,β-unsaturated/α-hetero) is 1. The Labute approximate surface area is 377 Å². The molecule has 2 N–H and O–H groups in total. The quantitative estimate of drug-likeness (QED) is 0.108. The van der Waals surface area contributed by atoms with Gasteiger partial charge in [-0.25, -0.2) is 4.99 Å². The number of aliphatic imine (C=N–C) groups is 2. The molecule has 0 aromatic rings. The summed E-state index contributed by atoms with van der Waals surface area (Å²) in [6, 6.07) is 0. The Morgan fingerprint density at radius 2 is 1.24 bits per heavy atom. The van der Waals surface area contributed by atoms with Crippen LogP contribution in [0.4, 0.5) is 0 Å². The van der Waals surface area contributed by atoms with E-state index in [1.165, 1.54) is 33.8 Å². The number of nitrogens with zero attached hydrogens (tertiary/aromatic N) is 2. The van der Waals surface area contributed by atoms with Gasteiger partial charge in [0.25, 0.3) is 0 Å². The minimum Gasteiger partial charge on any atom is -0.550 e. The van der Waals surface area contributed by atoms with E-state index in [2.05, 4.69) is 10.3 Å². The number of hydrogen-bond acceptors (Lipinski definition) is 20. The molecule has 21 heteroatoms. The molecule has 0 amide bonds. The molecular weight excluding hydrogens is 869 g/mol. The van der Waals surface area contributed by atoms with Crippen LogP contribution in [0.5, 0.6) is 0 Å². The molecule has 5 heterocycles. The highest BCUT2D eigenvalue weighted by molar-refractivity contribution is 6.18. The molecule has 5 rings (SSSR count). The van der Waals surface area contributed by atoms with Gasteiger partial charge in [0, 0.05) is 119 Å². The number of aliphatic carboxylic acids is 8. The lowest BCUT2D eigenvalue weighted by atomic mass is 9.59. The van der Waals surface area contributed by atoms with Gasteiger partial charge in [-0.15, -0.1) is 0 Å². The van der Waals surface area contributed by atoms with Crippen LogP contribution in [0.25, 0.3) is 0 Å². The van der Waals surface area contributed by atoms with Crippen molar-refractivity contribution in [2.24, 2.45) is 32.1 Å². The van der Waals surface area contributed by atoms with E-state index in [4.69, 9.17) is 9.98 Å². The maximum Gasteiger partial charge on any atom is 0.192 e. The zero-order valence-electron chi connectivity index (χ0n) is 36.9. The molecule has 0 aromatic carbocycles. The number of nitrogens with one attached hydrogen (secondary N) is 2. The van der Waals surface area contributed by atoms with E-state index in [1.54, 1.807) is 0 Å². The van der Waals surface area contributed by atoms with Gasteiger partial charge in [-0.05, 0) is 95.3 Å². The Bertz CT molecular complexity index is 2460. The van der Waals surface area contributed by atoms with Crippen molar-refractivity contribution in [1.82, 2.24) is 5.32 Å². The summed E-state index contributed by atoms with van der Waals surface area (Å²) in [6.07, 6.45) is -7.88. The van der Waals surface area contributed by atoms with Gasteiger partial charge in [0.1, 0.15) is 5.54 Å². The van der Waals surface area contributed by atoms with E-state index < -0.39 is 170 Å². The van der Waals surface area contributed by atoms with Crippen LogP contribution in [0.3, 0.4) is 0 Å². The van der Waals surface area contributed by atoms with Crippen molar-refractivity contribution in [3.8, 4) is 0 Å². The molecule has 6 atom stereocenters. The first-order valence-corrected chi connectivity index (χ1v) is 21.1. The highest BCUT2D eigenvalue weighted by Gasteiger charge is 2.66. The summed E-state index contributed by atoms with van der Waals surface area (Å²) in [4.78, 5) is 127. The minimum atomic E-state index is -2.46. The van der Waals surface area contributed by atoms with E-state index in [-0.39, 0.29) is 63.7 Å². The monoisotopic (exact) mass is 915 g/mol. The van der Waals surface area contributed by atoms with E-state index in [9.17, 15) is 84.0 Å². The Hall–Kier alpha value is -6.80. The molecule has 66 heavy (non-hydrogen) atoms. The SMILES string of the molecule is CC(=O)C12N/C(=C\C3=[NH+]C(=C(CCC(=O)[O-])[C@]3(C)CC(=O)[O-])C[C@]3(C)N=C(CC4=NC1=C(CC(=O)[O-])[C@@]4(C)CCC(=O)[O-])C(CCC(=O)[O-])=C3CC(=O)[O-])[C@@H](CCC(=O)[O-])[C@]2(C)CC(=O)[O-]. The predicted molar refractivity (Wildman–Crippen MR) is 207 cm³/mol. The second kappa shape index (κ2) is 18.2. The fraction of sp³-hybridized carbons (Fsp3) is 0.556. The van der Waals surface area contributed by atoms with E-state index >= 15 is 0 Å². The van der Waals surface area contributed by atoms with Crippen LogP contribution >= 0.6 is 0 Å². The van der Waals surface area contributed by atoms with Gasteiger partial charge >= 0.3 is 0 Å². The van der Waals surface area contributed by atoms with Crippen molar-refractivity contribution >= 4 is 70.7 Å². The Morgan fingerprint density at radius 1 is 0.682 bits per heavy atom. The average molecular weight is 916 g/mol. The molecule has 0 saturated carbocycles. The van der Waals surface area contributed by atoms with E-state index in [1.807, 2.05) is 0 Å². The molecule has 1 unspecified atom stereocenters. The maximum atomic E-state index is 14.8. The standard InChI is InChI=1S/C45H54N4O17/c1-21(50)45-40-26(15-37(61)62)41(2,13-12-35(57)58)30(47-40)16-27-22(6-9-32(51)52)25(14-36(59)60)44(5,48-27)18-29-23(7-10-33(53)54)42(3,19-38(63)64)31(46-29)17-28(49-45)24(8-11-34(55)56)43(45,4)20-39(65)66/h17,24,49H,6-16,18-20H2,1-5H3,(H,51,52)(H,53,54)(H,55,56)(H,57,58)(H,59,60)(H,61,62)(H,63,64)(H,65,66)/p-7/b28-17-/t24-,41-,42+,43+,44+,45?/m1/s1. The number of carbonyl (C=O) groups excluding carboxylic acids is 9. The molecule has 1 saturated heterocycles. The molecule has 356 valence electrons. The molecule has 5 aliphatic heterocycles. The molecule has 0 aromatic heterocycles. The first-order chi connectivity index (χ1) is 30.5. The largest absolute Gasteiger partial charge is 0.550 e. The molecule has 5 aliphatic rings. The van der Waals surface area contributed by atoms with Gasteiger partial charge in [-0.2, -0.15) is 0 Å². The molecule has 0 spiro atoms. The van der Waals surface area contributed by atoms with Crippen LogP contribution in [-0.4, -0.2) is 81.8 Å². The zero-order chi connectivity index (χ0) is 49.5. The van der Waals surface area contributed by atoms with Gasteiger partial charge in [0.15, 0.2) is 17.2 Å². The van der Waals surface area contributed by atoms with Gasteiger partial charge < -0.3 is 84.5 Å². The second-order valence-corrected chi connectivity index (χ2v) is 18.4. The first kappa shape index (κ1) is 50.2. The smallest absolute Gasteiger partial charge is 0.192 e. The molecule has 0 aliphatic carbocycles. The maximum absolute atomic E-state index is 14.8. The predicted octanol–water partition coefficient (Wildman–Crippen LogP) is -8.08. The number of carbonyl (C=O) groups is 9. The summed E-state index contributed by atoms with van der Waals surface area (Å²) in [6.45, 7) is 6.64. The van der Waals surface area contributed by atoms with Gasteiger partial charge in [0.05, 0.1) is 23.1 Å². The summed E-state index contributed by atoms with van der Waals surface area (Å²) in [5.74, 6) is -15.3. The average Bonchev–Trinajstić information content (AvgIpc) is 3.75. The van der Waals surface area contributed by atoms with Crippen LogP contribution in [0.2, 0.25) is 0 Å². The second-order valence-electron chi connectivity index (χ2n) is 18.4. The molecular formula is C45H47N4O17-7. The van der Waals surface area contributed by atoms with Crippen molar-refractivity contribution in [2.75, 3.05) is 0 Å². The number of fused-ring (bicyclic) bond motifs is 6. The lowest BCUT2D eigenvalue weighted by Gasteiger charge is -2.45. The lowest BCUT2D eigenvalue weighted by molar-refractivity contribution is -0.399.